The first kappa shape index (κ1) is 15.1. The van der Waals surface area contributed by atoms with Gasteiger partial charge in [0.15, 0.2) is 0 Å². The lowest BCUT2D eigenvalue weighted by atomic mass is 9.90. The zero-order valence-electron chi connectivity index (χ0n) is 12.1. The Bertz CT molecular complexity index is 529. The van der Waals surface area contributed by atoms with Crippen molar-refractivity contribution in [2.24, 2.45) is 0 Å². The fourth-order valence-corrected chi connectivity index (χ4v) is 2.73. The Morgan fingerprint density at radius 3 is 2.40 bits per heavy atom. The van der Waals surface area contributed by atoms with Crippen LogP contribution in [0, 0.1) is 13.8 Å². The summed E-state index contributed by atoms with van der Waals surface area (Å²) in [4.78, 5) is 2.28. The first-order chi connectivity index (χ1) is 9.32. The standard InChI is InChI=1S/C16H20F3N/c1-4-20-7-5-13(6-8-20)14-9-11(2)10-15(12(14)3)16(17,18)19/h5,9-10H,4,6-8H2,1-3H3. The Labute approximate surface area is 118 Å². The van der Waals surface area contributed by atoms with Crippen molar-refractivity contribution in [1.29, 1.82) is 0 Å². The predicted octanol–water partition coefficient (Wildman–Crippen LogP) is 4.43. The molecule has 1 aromatic rings. The molecular formula is C16H20F3N. The first-order valence-corrected chi connectivity index (χ1v) is 6.93. The summed E-state index contributed by atoms with van der Waals surface area (Å²) in [6.07, 6.45) is -1.40. The maximum absolute atomic E-state index is 13.1. The molecule has 0 radical (unpaired) electrons. The van der Waals surface area contributed by atoms with E-state index in [-0.39, 0.29) is 0 Å². The number of halogens is 3. The summed E-state index contributed by atoms with van der Waals surface area (Å²) in [5, 5.41) is 0. The molecule has 0 saturated heterocycles. The van der Waals surface area contributed by atoms with Gasteiger partial charge in [-0.1, -0.05) is 19.1 Å². The van der Waals surface area contributed by atoms with Crippen molar-refractivity contribution in [3.8, 4) is 0 Å². The fourth-order valence-electron chi connectivity index (χ4n) is 2.73. The molecular weight excluding hydrogens is 263 g/mol. The van der Waals surface area contributed by atoms with E-state index in [4.69, 9.17) is 0 Å². The van der Waals surface area contributed by atoms with Crippen LogP contribution in [0.2, 0.25) is 0 Å². The monoisotopic (exact) mass is 283 g/mol. The second kappa shape index (κ2) is 5.60. The summed E-state index contributed by atoms with van der Waals surface area (Å²) in [6.45, 7) is 8.10. The van der Waals surface area contributed by atoms with Crippen LogP contribution in [-0.2, 0) is 6.18 Å². The molecule has 0 saturated carbocycles. The van der Waals surface area contributed by atoms with Gasteiger partial charge in [-0.2, -0.15) is 13.2 Å². The van der Waals surface area contributed by atoms with Crippen molar-refractivity contribution < 1.29 is 13.2 Å². The maximum Gasteiger partial charge on any atom is 0.416 e. The van der Waals surface area contributed by atoms with Crippen LogP contribution < -0.4 is 0 Å². The number of likely N-dealkylation sites (N-methyl/N-ethyl adjacent to an activating group) is 1. The van der Waals surface area contributed by atoms with E-state index in [0.717, 1.165) is 37.2 Å². The van der Waals surface area contributed by atoms with Crippen molar-refractivity contribution in [2.45, 2.75) is 33.4 Å². The largest absolute Gasteiger partial charge is 0.416 e. The molecule has 1 aliphatic rings. The minimum absolute atomic E-state index is 0.347. The van der Waals surface area contributed by atoms with Crippen molar-refractivity contribution in [2.75, 3.05) is 19.6 Å². The Balaban J connectivity index is 2.43. The van der Waals surface area contributed by atoms with Crippen LogP contribution in [-0.4, -0.2) is 24.5 Å². The fraction of sp³-hybridized carbons (Fsp3) is 0.500. The molecule has 2 rings (SSSR count). The lowest BCUT2D eigenvalue weighted by Gasteiger charge is -2.26. The molecule has 0 aromatic heterocycles. The van der Waals surface area contributed by atoms with Gasteiger partial charge in [-0.25, -0.2) is 0 Å². The summed E-state index contributed by atoms with van der Waals surface area (Å²) in [5.74, 6) is 0. The zero-order valence-corrected chi connectivity index (χ0v) is 12.1. The average molecular weight is 283 g/mol. The van der Waals surface area contributed by atoms with Gasteiger partial charge in [-0.15, -0.1) is 0 Å². The average Bonchev–Trinajstić information content (AvgIpc) is 2.40. The molecule has 0 amide bonds. The second-order valence-corrected chi connectivity index (χ2v) is 5.36. The molecule has 1 aliphatic heterocycles. The Morgan fingerprint density at radius 2 is 1.90 bits per heavy atom. The molecule has 4 heteroatoms. The van der Waals surface area contributed by atoms with Crippen molar-refractivity contribution in [3.05, 3.63) is 40.5 Å². The molecule has 0 N–H and O–H groups in total. The quantitative estimate of drug-likeness (QED) is 0.776. The minimum Gasteiger partial charge on any atom is -0.300 e. The van der Waals surface area contributed by atoms with Crippen molar-refractivity contribution in [1.82, 2.24) is 4.90 Å². The molecule has 1 heterocycles. The van der Waals surface area contributed by atoms with Gasteiger partial charge in [-0.05, 0) is 55.1 Å². The Hall–Kier alpha value is -1.29. The smallest absolute Gasteiger partial charge is 0.300 e. The third kappa shape index (κ3) is 3.06. The normalized spacial score (nSPS) is 17.2. The third-order valence-electron chi connectivity index (χ3n) is 3.94. The molecule has 0 fully saturated rings. The minimum atomic E-state index is -4.28. The van der Waals surface area contributed by atoms with E-state index in [1.165, 1.54) is 6.07 Å². The summed E-state index contributed by atoms with van der Waals surface area (Å²) >= 11 is 0. The number of alkyl halides is 3. The number of aryl methyl sites for hydroxylation is 1. The molecule has 0 spiro atoms. The second-order valence-electron chi connectivity index (χ2n) is 5.36. The molecule has 110 valence electrons. The first-order valence-electron chi connectivity index (χ1n) is 6.93. The number of nitrogens with zero attached hydrogens (tertiary/aromatic N) is 1. The van der Waals surface area contributed by atoms with Gasteiger partial charge in [0.25, 0.3) is 0 Å². The maximum atomic E-state index is 13.1. The lowest BCUT2D eigenvalue weighted by Crippen LogP contribution is -2.28. The predicted molar refractivity (Wildman–Crippen MR) is 75.6 cm³/mol. The van der Waals surface area contributed by atoms with E-state index in [1.807, 2.05) is 6.07 Å². The highest BCUT2D eigenvalue weighted by Gasteiger charge is 2.33. The summed E-state index contributed by atoms with van der Waals surface area (Å²) in [6, 6.07) is 3.11. The Kier molecular flexibility index (Phi) is 4.23. The van der Waals surface area contributed by atoms with Crippen LogP contribution in [0.15, 0.2) is 18.2 Å². The molecule has 0 unspecified atom stereocenters. The van der Waals surface area contributed by atoms with Gasteiger partial charge in [0.05, 0.1) is 5.56 Å². The Morgan fingerprint density at radius 1 is 1.20 bits per heavy atom. The van der Waals surface area contributed by atoms with Gasteiger partial charge < -0.3 is 0 Å². The van der Waals surface area contributed by atoms with Crippen LogP contribution in [0.5, 0.6) is 0 Å². The van der Waals surface area contributed by atoms with E-state index in [2.05, 4.69) is 17.9 Å². The van der Waals surface area contributed by atoms with Gasteiger partial charge in [-0.3, -0.25) is 4.90 Å². The number of hydrogen-bond acceptors (Lipinski definition) is 1. The highest BCUT2D eigenvalue weighted by atomic mass is 19.4. The lowest BCUT2D eigenvalue weighted by molar-refractivity contribution is -0.138. The van der Waals surface area contributed by atoms with Crippen LogP contribution in [0.4, 0.5) is 13.2 Å². The molecule has 0 bridgehead atoms. The van der Waals surface area contributed by atoms with Crippen molar-refractivity contribution in [3.63, 3.8) is 0 Å². The highest BCUT2D eigenvalue weighted by Crippen LogP contribution is 2.37. The van der Waals surface area contributed by atoms with Crippen molar-refractivity contribution >= 4 is 5.57 Å². The number of rotatable bonds is 2. The third-order valence-corrected chi connectivity index (χ3v) is 3.94. The zero-order chi connectivity index (χ0) is 14.9. The number of benzene rings is 1. The molecule has 0 atom stereocenters. The van der Waals surface area contributed by atoms with E-state index in [0.29, 0.717) is 11.1 Å². The molecule has 20 heavy (non-hydrogen) atoms. The van der Waals surface area contributed by atoms with E-state index >= 15 is 0 Å². The summed E-state index contributed by atoms with van der Waals surface area (Å²) < 4.78 is 39.2. The van der Waals surface area contributed by atoms with Crippen LogP contribution >= 0.6 is 0 Å². The van der Waals surface area contributed by atoms with Gasteiger partial charge in [0, 0.05) is 13.1 Å². The molecule has 1 nitrogen and oxygen atoms in total. The van der Waals surface area contributed by atoms with E-state index in [9.17, 15) is 13.2 Å². The van der Waals surface area contributed by atoms with Crippen LogP contribution in [0.1, 0.15) is 35.6 Å². The number of hydrogen-bond donors (Lipinski definition) is 0. The van der Waals surface area contributed by atoms with Gasteiger partial charge in [0.2, 0.25) is 0 Å². The topological polar surface area (TPSA) is 3.24 Å². The van der Waals surface area contributed by atoms with Gasteiger partial charge >= 0.3 is 6.18 Å². The van der Waals surface area contributed by atoms with Gasteiger partial charge in [0.1, 0.15) is 0 Å². The van der Waals surface area contributed by atoms with E-state index < -0.39 is 11.7 Å². The highest BCUT2D eigenvalue weighted by molar-refractivity contribution is 5.71. The summed E-state index contributed by atoms with van der Waals surface area (Å²) in [5.41, 5.74) is 2.30. The summed E-state index contributed by atoms with van der Waals surface area (Å²) in [7, 11) is 0. The van der Waals surface area contributed by atoms with E-state index in [1.54, 1.807) is 13.8 Å². The SMILES string of the molecule is CCN1CC=C(c2cc(C)cc(C(F)(F)F)c2C)CC1. The van der Waals surface area contributed by atoms with Crippen LogP contribution in [0.3, 0.4) is 0 Å². The molecule has 1 aromatic carbocycles. The van der Waals surface area contributed by atoms with Crippen LogP contribution in [0.25, 0.3) is 5.57 Å². The molecule has 0 aliphatic carbocycles.